The highest BCUT2D eigenvalue weighted by atomic mass is 35.5. The Morgan fingerprint density at radius 1 is 1.20 bits per heavy atom. The van der Waals surface area contributed by atoms with Crippen molar-refractivity contribution >= 4 is 77.6 Å². The van der Waals surface area contributed by atoms with E-state index >= 15 is 0 Å². The summed E-state index contributed by atoms with van der Waals surface area (Å²) in [7, 11) is 0. The van der Waals surface area contributed by atoms with E-state index in [-0.39, 0.29) is 11.2 Å². The summed E-state index contributed by atoms with van der Waals surface area (Å²) in [6.07, 6.45) is 2.89. The van der Waals surface area contributed by atoms with Crippen LogP contribution in [0.1, 0.15) is 18.4 Å². The maximum Gasteiger partial charge on any atom is 0.219 e. The maximum absolute atomic E-state index is 12.1. The van der Waals surface area contributed by atoms with E-state index in [1.54, 1.807) is 17.4 Å². The van der Waals surface area contributed by atoms with Crippen LogP contribution in [0.5, 0.6) is 0 Å². The van der Waals surface area contributed by atoms with Crippen LogP contribution in [0.2, 0.25) is 10.0 Å². The van der Waals surface area contributed by atoms with Gasteiger partial charge in [0.1, 0.15) is 6.04 Å². The van der Waals surface area contributed by atoms with Gasteiger partial charge in [0.05, 0.1) is 25.9 Å². The quantitative estimate of drug-likeness (QED) is 0.490. The number of hydrogen-bond donors (Lipinski definition) is 1. The lowest BCUT2D eigenvalue weighted by Crippen LogP contribution is -2.28. The molecular formula is C21H18Cl2N4OS2. The van der Waals surface area contributed by atoms with Crippen molar-refractivity contribution in [3.8, 4) is 0 Å². The summed E-state index contributed by atoms with van der Waals surface area (Å²) in [6.45, 7) is 1.70. The van der Waals surface area contributed by atoms with Gasteiger partial charge in [0, 0.05) is 13.1 Å². The molecule has 0 unspecified atom stereocenters. The number of carbonyl (C=O) groups excluding carboxylic acids is 1. The molecule has 2 aliphatic heterocycles. The van der Waals surface area contributed by atoms with E-state index in [0.717, 1.165) is 58.6 Å². The summed E-state index contributed by atoms with van der Waals surface area (Å²) in [5, 5.41) is 6.36. The lowest BCUT2D eigenvalue weighted by Gasteiger charge is -2.14. The number of thiazole rings is 1. The molecule has 3 aromatic rings. The van der Waals surface area contributed by atoms with Crippen LogP contribution in [0.25, 0.3) is 10.2 Å². The first-order valence-corrected chi connectivity index (χ1v) is 12.1. The van der Waals surface area contributed by atoms with Crippen molar-refractivity contribution in [2.75, 3.05) is 18.4 Å². The SMILES string of the molecule is O=C1S/C(=N\c2ccc(CCNc3nc4cc(Cl)c(Cl)cc4s3)cc2)N2CCC[C@@H]12. The third-order valence-corrected chi connectivity index (χ3v) is 7.92. The molecule has 9 heteroatoms. The van der Waals surface area contributed by atoms with Crippen LogP contribution in [0.3, 0.4) is 0 Å². The predicted molar refractivity (Wildman–Crippen MR) is 128 cm³/mol. The highest BCUT2D eigenvalue weighted by molar-refractivity contribution is 8.26. The number of nitrogens with zero attached hydrogens (tertiary/aromatic N) is 3. The Morgan fingerprint density at radius 3 is 2.83 bits per heavy atom. The van der Waals surface area contributed by atoms with Crippen molar-refractivity contribution in [2.24, 2.45) is 4.99 Å². The minimum Gasteiger partial charge on any atom is -0.361 e. The van der Waals surface area contributed by atoms with Crippen molar-refractivity contribution in [3.05, 3.63) is 52.0 Å². The summed E-state index contributed by atoms with van der Waals surface area (Å²) in [5.41, 5.74) is 2.95. The topological polar surface area (TPSA) is 57.6 Å². The lowest BCUT2D eigenvalue weighted by molar-refractivity contribution is -0.113. The molecule has 2 aliphatic rings. The summed E-state index contributed by atoms with van der Waals surface area (Å²) >= 11 is 15.0. The molecule has 5 nitrogen and oxygen atoms in total. The molecular weight excluding hydrogens is 459 g/mol. The van der Waals surface area contributed by atoms with E-state index in [2.05, 4.69) is 27.3 Å². The van der Waals surface area contributed by atoms with Gasteiger partial charge in [-0.1, -0.05) is 46.7 Å². The van der Waals surface area contributed by atoms with E-state index in [4.69, 9.17) is 28.2 Å². The molecule has 154 valence electrons. The molecule has 0 radical (unpaired) electrons. The minimum atomic E-state index is 0.0358. The van der Waals surface area contributed by atoms with Crippen molar-refractivity contribution in [1.82, 2.24) is 9.88 Å². The van der Waals surface area contributed by atoms with Crippen LogP contribution < -0.4 is 5.32 Å². The molecule has 3 heterocycles. The Bertz CT molecular complexity index is 1110. The second-order valence-electron chi connectivity index (χ2n) is 7.26. The normalized spacial score (nSPS) is 19.8. The molecule has 0 amide bonds. The van der Waals surface area contributed by atoms with Gasteiger partial charge >= 0.3 is 0 Å². The van der Waals surface area contributed by atoms with E-state index < -0.39 is 0 Å². The second-order valence-corrected chi connectivity index (χ2v) is 10.1. The van der Waals surface area contributed by atoms with Crippen LogP contribution in [-0.4, -0.2) is 39.3 Å². The molecule has 0 aliphatic carbocycles. The molecule has 2 fully saturated rings. The average molecular weight is 477 g/mol. The molecule has 30 heavy (non-hydrogen) atoms. The van der Waals surface area contributed by atoms with Gasteiger partial charge in [0.15, 0.2) is 10.3 Å². The van der Waals surface area contributed by atoms with Crippen LogP contribution in [-0.2, 0) is 11.2 Å². The Kier molecular flexibility index (Phi) is 5.62. The van der Waals surface area contributed by atoms with E-state index in [0.29, 0.717) is 10.0 Å². The predicted octanol–water partition coefficient (Wildman–Crippen LogP) is 5.98. The third-order valence-electron chi connectivity index (χ3n) is 5.24. The molecule has 1 aromatic heterocycles. The summed E-state index contributed by atoms with van der Waals surface area (Å²) in [6, 6.07) is 11.9. The Balaban J connectivity index is 1.20. The Hall–Kier alpha value is -1.80. The van der Waals surface area contributed by atoms with Gasteiger partial charge in [-0.25, -0.2) is 9.98 Å². The number of anilines is 1. The van der Waals surface area contributed by atoms with E-state index in [1.807, 2.05) is 18.2 Å². The molecule has 1 atom stereocenters. The van der Waals surface area contributed by atoms with Crippen molar-refractivity contribution < 1.29 is 4.79 Å². The number of fused-ring (bicyclic) bond motifs is 2. The number of nitrogens with one attached hydrogen (secondary N) is 1. The molecule has 2 aromatic carbocycles. The number of aliphatic imine (C=N–C) groups is 1. The molecule has 5 rings (SSSR count). The van der Waals surface area contributed by atoms with Crippen LogP contribution in [0, 0.1) is 0 Å². The zero-order chi connectivity index (χ0) is 20.7. The molecule has 2 saturated heterocycles. The largest absolute Gasteiger partial charge is 0.361 e. The monoisotopic (exact) mass is 476 g/mol. The van der Waals surface area contributed by atoms with Gasteiger partial charge in [-0.2, -0.15) is 0 Å². The first kappa shape index (κ1) is 20.1. The lowest BCUT2D eigenvalue weighted by atomic mass is 10.1. The van der Waals surface area contributed by atoms with Crippen molar-refractivity contribution in [3.63, 3.8) is 0 Å². The molecule has 0 spiro atoms. The van der Waals surface area contributed by atoms with Gasteiger partial charge in [-0.3, -0.25) is 4.79 Å². The smallest absolute Gasteiger partial charge is 0.219 e. The maximum atomic E-state index is 12.1. The fourth-order valence-corrected chi connectivity index (χ4v) is 6.05. The molecule has 0 bridgehead atoms. The molecule has 0 saturated carbocycles. The van der Waals surface area contributed by atoms with Gasteiger partial charge < -0.3 is 10.2 Å². The first-order valence-electron chi connectivity index (χ1n) is 9.72. The van der Waals surface area contributed by atoms with Gasteiger partial charge in [0.25, 0.3) is 0 Å². The van der Waals surface area contributed by atoms with Gasteiger partial charge in [0.2, 0.25) is 5.12 Å². The van der Waals surface area contributed by atoms with Gasteiger partial charge in [-0.15, -0.1) is 0 Å². The zero-order valence-electron chi connectivity index (χ0n) is 15.9. The Labute approximate surface area is 192 Å². The van der Waals surface area contributed by atoms with E-state index in [9.17, 15) is 4.79 Å². The standard InChI is InChI=1S/C21H18Cl2N4OS2/c22-14-10-16-18(11-15(14)23)29-20(26-16)24-8-7-12-3-5-13(6-4-12)25-21-27-9-1-2-17(27)19(28)30-21/h3-6,10-11,17H,1-2,7-9H2,(H,24,26)/b25-21-/t17-/m0/s1. The Morgan fingerprint density at radius 2 is 2.00 bits per heavy atom. The highest BCUT2D eigenvalue weighted by Crippen LogP contribution is 2.35. The van der Waals surface area contributed by atoms with Crippen LogP contribution in [0.15, 0.2) is 41.4 Å². The zero-order valence-corrected chi connectivity index (χ0v) is 19.0. The number of benzene rings is 2. The highest BCUT2D eigenvalue weighted by Gasteiger charge is 2.40. The minimum absolute atomic E-state index is 0.0358. The number of carbonyl (C=O) groups is 1. The summed E-state index contributed by atoms with van der Waals surface area (Å²) in [5.74, 6) is 0. The number of hydrogen-bond acceptors (Lipinski definition) is 6. The summed E-state index contributed by atoms with van der Waals surface area (Å²) < 4.78 is 1.01. The van der Waals surface area contributed by atoms with Crippen molar-refractivity contribution in [2.45, 2.75) is 25.3 Å². The first-order chi connectivity index (χ1) is 14.6. The number of aromatic nitrogens is 1. The average Bonchev–Trinajstić information content (AvgIpc) is 3.42. The van der Waals surface area contributed by atoms with Crippen LogP contribution in [0.4, 0.5) is 10.8 Å². The third kappa shape index (κ3) is 4.04. The number of amidine groups is 1. The van der Waals surface area contributed by atoms with Gasteiger partial charge in [-0.05, 0) is 60.9 Å². The number of halogens is 2. The number of thioether (sulfide) groups is 1. The number of rotatable bonds is 5. The summed E-state index contributed by atoms with van der Waals surface area (Å²) in [4.78, 5) is 23.5. The fraction of sp³-hybridized carbons (Fsp3) is 0.286. The van der Waals surface area contributed by atoms with Crippen LogP contribution >= 0.6 is 46.3 Å². The molecule has 1 N–H and O–H groups in total. The fourth-order valence-electron chi connectivity index (χ4n) is 3.70. The van der Waals surface area contributed by atoms with E-state index in [1.165, 1.54) is 17.3 Å². The van der Waals surface area contributed by atoms with Crippen molar-refractivity contribution in [1.29, 1.82) is 0 Å². The second kappa shape index (κ2) is 8.38.